The summed E-state index contributed by atoms with van der Waals surface area (Å²) in [6.45, 7) is 2.21. The van der Waals surface area contributed by atoms with E-state index in [9.17, 15) is 19.5 Å². The average molecular weight is 426 g/mol. The van der Waals surface area contributed by atoms with E-state index in [1.54, 1.807) is 11.8 Å². The maximum atomic E-state index is 13.4. The Hall–Kier alpha value is -3.13. The number of aliphatic carboxylic acids is 1. The molecule has 2 heterocycles. The molecule has 0 saturated carbocycles. The summed E-state index contributed by atoms with van der Waals surface area (Å²) in [5.74, 6) is -3.16. The molecule has 1 saturated heterocycles. The van der Waals surface area contributed by atoms with Gasteiger partial charge in [-0.3, -0.25) is 14.5 Å². The number of nitrogens with zero attached hydrogens (tertiary/aromatic N) is 1. The first-order valence-corrected chi connectivity index (χ1v) is 10.6. The normalized spacial score (nSPS) is 23.0. The first kappa shape index (κ1) is 21.1. The number of para-hydroxylation sites is 1. The van der Waals surface area contributed by atoms with Gasteiger partial charge >= 0.3 is 11.9 Å². The number of fused-ring (bicyclic) bond motifs is 2. The number of carbonyl (C=O) groups excluding carboxylic acids is 2. The Morgan fingerprint density at radius 1 is 1.32 bits per heavy atom. The number of H-pyrrole nitrogens is 1. The number of allylic oxidation sites excluding steroid dienone is 1. The molecule has 8 heteroatoms. The molecule has 1 aromatic heterocycles. The lowest BCUT2D eigenvalue weighted by atomic mass is 9.68. The Bertz CT molecular complexity index is 1040. The highest BCUT2D eigenvalue weighted by Crippen LogP contribution is 2.53. The lowest BCUT2D eigenvalue weighted by molar-refractivity contribution is -0.278. The summed E-state index contributed by atoms with van der Waals surface area (Å²) < 4.78 is 0. The summed E-state index contributed by atoms with van der Waals surface area (Å²) in [7, 11) is 0. The number of carbonyl (C=O) groups is 3. The molecule has 31 heavy (non-hydrogen) atoms. The molecule has 2 atom stereocenters. The van der Waals surface area contributed by atoms with E-state index in [0.717, 1.165) is 22.9 Å². The molecule has 1 aromatic carbocycles. The molecule has 0 unspecified atom stereocenters. The molecule has 1 aliphatic carbocycles. The van der Waals surface area contributed by atoms with Crippen molar-refractivity contribution in [2.45, 2.75) is 39.0 Å². The van der Waals surface area contributed by atoms with Gasteiger partial charge in [-0.05, 0) is 44.2 Å². The van der Waals surface area contributed by atoms with Crippen LogP contribution in [0.25, 0.3) is 10.9 Å². The molecule has 4 rings (SSSR count). The number of aromatic amines is 1. The third kappa shape index (κ3) is 3.61. The largest absolute Gasteiger partial charge is 0.481 e. The first-order chi connectivity index (χ1) is 15.0. The van der Waals surface area contributed by atoms with Crippen LogP contribution in [0.1, 0.15) is 38.2 Å². The summed E-state index contributed by atoms with van der Waals surface area (Å²) in [5.41, 5.74) is 1.31. The number of nitrogens with one attached hydrogen (secondary N) is 1. The van der Waals surface area contributed by atoms with Gasteiger partial charge in [-0.15, -0.1) is 0 Å². The molecular weight excluding hydrogens is 400 g/mol. The topological polar surface area (TPSA) is 109 Å². The number of benzene rings is 1. The van der Waals surface area contributed by atoms with Gasteiger partial charge in [0.25, 0.3) is 0 Å². The van der Waals surface area contributed by atoms with Gasteiger partial charge in [0.05, 0.1) is 18.9 Å². The monoisotopic (exact) mass is 426 g/mol. The van der Waals surface area contributed by atoms with Crippen molar-refractivity contribution in [1.29, 1.82) is 0 Å². The first-order valence-electron chi connectivity index (χ1n) is 10.6. The molecule has 1 aliphatic heterocycles. The fourth-order valence-electron chi connectivity index (χ4n) is 4.92. The Kier molecular flexibility index (Phi) is 5.82. The van der Waals surface area contributed by atoms with Gasteiger partial charge in [0.2, 0.25) is 5.91 Å². The lowest BCUT2D eigenvalue weighted by Gasteiger charge is -2.34. The van der Waals surface area contributed by atoms with E-state index in [-0.39, 0.29) is 12.5 Å². The van der Waals surface area contributed by atoms with Crippen LogP contribution in [-0.4, -0.2) is 46.0 Å². The van der Waals surface area contributed by atoms with Gasteiger partial charge in [0.15, 0.2) is 0 Å². The Morgan fingerprint density at radius 3 is 2.90 bits per heavy atom. The molecule has 2 N–H and O–H groups in total. The number of carboxylic acid groups (broad SMARTS) is 1. The van der Waals surface area contributed by atoms with Gasteiger partial charge < -0.3 is 15.0 Å². The molecule has 0 radical (unpaired) electrons. The van der Waals surface area contributed by atoms with Gasteiger partial charge in [-0.25, -0.2) is 4.79 Å². The summed E-state index contributed by atoms with van der Waals surface area (Å²) in [6.07, 6.45) is 5.69. The molecule has 2 aliphatic rings. The minimum atomic E-state index is -1.32. The van der Waals surface area contributed by atoms with E-state index in [2.05, 4.69) is 4.98 Å². The minimum absolute atomic E-state index is 0.169. The molecule has 164 valence electrons. The predicted molar refractivity (Wildman–Crippen MR) is 112 cm³/mol. The number of rotatable bonds is 8. The van der Waals surface area contributed by atoms with E-state index in [0.29, 0.717) is 31.5 Å². The lowest BCUT2D eigenvalue weighted by Crippen LogP contribution is -2.41. The zero-order chi connectivity index (χ0) is 22.0. The van der Waals surface area contributed by atoms with Crippen molar-refractivity contribution in [2.75, 3.05) is 13.2 Å². The smallest absolute Gasteiger partial charge is 0.355 e. The Labute approximate surface area is 179 Å². The zero-order valence-corrected chi connectivity index (χ0v) is 17.4. The minimum Gasteiger partial charge on any atom is -0.481 e. The number of hydrogen-bond acceptors (Lipinski definition) is 5. The van der Waals surface area contributed by atoms with E-state index in [1.165, 1.54) is 0 Å². The van der Waals surface area contributed by atoms with Crippen LogP contribution in [0.15, 0.2) is 42.2 Å². The summed E-state index contributed by atoms with van der Waals surface area (Å²) >= 11 is 0. The molecule has 0 spiro atoms. The van der Waals surface area contributed by atoms with Crippen molar-refractivity contribution >= 4 is 28.7 Å². The van der Waals surface area contributed by atoms with Crippen molar-refractivity contribution in [3.63, 3.8) is 0 Å². The number of hydrogen-bond donors (Lipinski definition) is 2. The van der Waals surface area contributed by atoms with Crippen LogP contribution in [-0.2, 0) is 30.6 Å². The fraction of sp³-hybridized carbons (Fsp3) is 0.435. The van der Waals surface area contributed by atoms with Crippen LogP contribution in [0.2, 0.25) is 0 Å². The van der Waals surface area contributed by atoms with Gasteiger partial charge in [-0.1, -0.05) is 24.3 Å². The summed E-state index contributed by atoms with van der Waals surface area (Å²) in [6, 6.07) is 7.92. The summed E-state index contributed by atoms with van der Waals surface area (Å²) in [5, 5.41) is 10.5. The second-order valence-corrected chi connectivity index (χ2v) is 7.98. The van der Waals surface area contributed by atoms with Crippen molar-refractivity contribution in [3.8, 4) is 0 Å². The number of amides is 1. The Morgan fingerprint density at radius 2 is 2.13 bits per heavy atom. The molecule has 2 aromatic rings. The van der Waals surface area contributed by atoms with Crippen molar-refractivity contribution < 1.29 is 29.3 Å². The highest BCUT2D eigenvalue weighted by Gasteiger charge is 2.62. The average Bonchev–Trinajstić information content (AvgIpc) is 3.28. The van der Waals surface area contributed by atoms with Crippen molar-refractivity contribution in [3.05, 3.63) is 47.8 Å². The zero-order valence-electron chi connectivity index (χ0n) is 17.4. The van der Waals surface area contributed by atoms with E-state index in [1.807, 2.05) is 36.5 Å². The molecule has 0 bridgehead atoms. The van der Waals surface area contributed by atoms with E-state index in [4.69, 9.17) is 9.78 Å². The Balaban J connectivity index is 1.66. The van der Waals surface area contributed by atoms with Crippen LogP contribution in [0.5, 0.6) is 0 Å². The quantitative estimate of drug-likeness (QED) is 0.496. The second-order valence-electron chi connectivity index (χ2n) is 7.98. The highest BCUT2D eigenvalue weighted by atomic mass is 17.2. The molecule has 8 nitrogen and oxygen atoms in total. The van der Waals surface area contributed by atoms with Crippen LogP contribution >= 0.6 is 0 Å². The third-order valence-corrected chi connectivity index (χ3v) is 6.29. The fourth-order valence-corrected chi connectivity index (χ4v) is 4.92. The number of carboxylic acids is 1. The molecular formula is C23H26N2O6. The van der Waals surface area contributed by atoms with Gasteiger partial charge in [0, 0.05) is 29.3 Å². The number of aromatic nitrogens is 1. The molecule has 1 amide bonds. The van der Waals surface area contributed by atoms with Crippen molar-refractivity contribution in [2.24, 2.45) is 11.3 Å². The highest BCUT2D eigenvalue weighted by molar-refractivity contribution is 5.98. The molecule has 1 fully saturated rings. The maximum Gasteiger partial charge on any atom is 0.355 e. The van der Waals surface area contributed by atoms with Crippen LogP contribution in [0.4, 0.5) is 0 Å². The van der Waals surface area contributed by atoms with Crippen LogP contribution in [0, 0.1) is 11.3 Å². The predicted octanol–water partition coefficient (Wildman–Crippen LogP) is 3.19. The van der Waals surface area contributed by atoms with Crippen LogP contribution in [0.3, 0.4) is 0 Å². The van der Waals surface area contributed by atoms with Crippen molar-refractivity contribution in [1.82, 2.24) is 9.88 Å². The van der Waals surface area contributed by atoms with Gasteiger partial charge in [0.1, 0.15) is 5.41 Å². The van der Waals surface area contributed by atoms with E-state index >= 15 is 0 Å². The standard InChI is InChI=1S/C23H26N2O6/c1-2-30-31-22(29)23-11-6-5-9-19(23)25(21(28)17(23)13-20(26)27)12-10-15-14-24-18-8-4-3-7-16(15)18/h3-4,7-9,14,17,24H,2,5-6,10-13H2,1H3,(H,26,27)/t17-,23-/m1/s1. The number of likely N-dealkylation sites (tertiary alicyclic amines) is 1. The van der Waals surface area contributed by atoms with Gasteiger partial charge in [-0.2, -0.15) is 4.89 Å². The van der Waals surface area contributed by atoms with E-state index < -0.39 is 29.7 Å². The SMILES string of the molecule is CCOOC(=O)[C@@]12CCCC=C1N(CCc1c[nH]c3ccccc13)C(=O)[C@H]2CC(=O)O. The van der Waals surface area contributed by atoms with Crippen LogP contribution < -0.4 is 0 Å². The third-order valence-electron chi connectivity index (χ3n) is 6.29. The maximum absolute atomic E-state index is 13.4. The second kappa shape index (κ2) is 8.55. The summed E-state index contributed by atoms with van der Waals surface area (Å²) in [4.78, 5) is 52.7.